The number of allylic oxidation sites excluding steroid dienone is 3. The molecule has 0 atom stereocenters. The Kier molecular flexibility index (Phi) is 3.39. The van der Waals surface area contributed by atoms with Crippen molar-refractivity contribution in [2.24, 2.45) is 0 Å². The van der Waals surface area contributed by atoms with Gasteiger partial charge in [-0.25, -0.2) is 0 Å². The molecule has 0 amide bonds. The van der Waals surface area contributed by atoms with Crippen LogP contribution in [0.25, 0.3) is 5.57 Å². The van der Waals surface area contributed by atoms with E-state index in [1.54, 1.807) is 5.57 Å². The summed E-state index contributed by atoms with van der Waals surface area (Å²) < 4.78 is 0. The maximum atomic E-state index is 3.95. The highest BCUT2D eigenvalue weighted by molar-refractivity contribution is 5.76. The van der Waals surface area contributed by atoms with E-state index in [1.165, 1.54) is 43.2 Å². The summed E-state index contributed by atoms with van der Waals surface area (Å²) in [6.07, 6.45) is 8.63. The van der Waals surface area contributed by atoms with Crippen LogP contribution >= 0.6 is 0 Å². The van der Waals surface area contributed by atoms with Gasteiger partial charge in [-0.1, -0.05) is 55.0 Å². The summed E-state index contributed by atoms with van der Waals surface area (Å²) in [5.74, 6) is 0. The maximum Gasteiger partial charge on any atom is -0.0185 e. The molecule has 1 aliphatic carbocycles. The Morgan fingerprint density at radius 2 is 1.67 bits per heavy atom. The lowest BCUT2D eigenvalue weighted by Gasteiger charge is -2.17. The molecule has 78 valence electrons. The first-order valence-electron chi connectivity index (χ1n) is 5.81. The van der Waals surface area contributed by atoms with Gasteiger partial charge in [0.15, 0.2) is 0 Å². The third-order valence-corrected chi connectivity index (χ3v) is 3.13. The van der Waals surface area contributed by atoms with E-state index in [0.29, 0.717) is 0 Å². The Bertz CT molecular complexity index is 349. The average Bonchev–Trinajstić information content (AvgIpc) is 2.33. The van der Waals surface area contributed by atoms with Crippen molar-refractivity contribution >= 4 is 5.57 Å². The van der Waals surface area contributed by atoms with E-state index in [-0.39, 0.29) is 0 Å². The zero-order valence-electron chi connectivity index (χ0n) is 9.21. The molecule has 15 heavy (non-hydrogen) atoms. The van der Waals surface area contributed by atoms with Crippen LogP contribution in [0.1, 0.15) is 37.7 Å². The van der Waals surface area contributed by atoms with Gasteiger partial charge in [-0.05, 0) is 36.8 Å². The van der Waals surface area contributed by atoms with Crippen molar-refractivity contribution in [1.29, 1.82) is 0 Å². The lowest BCUT2D eigenvalue weighted by Crippen LogP contribution is -1.97. The fourth-order valence-corrected chi connectivity index (χ4v) is 2.33. The molecule has 1 fully saturated rings. The van der Waals surface area contributed by atoms with Crippen molar-refractivity contribution in [2.45, 2.75) is 32.1 Å². The van der Waals surface area contributed by atoms with Crippen molar-refractivity contribution in [3.05, 3.63) is 54.1 Å². The molecule has 0 heterocycles. The molecule has 0 nitrogen and oxygen atoms in total. The predicted octanol–water partition coefficient (Wildman–Crippen LogP) is 4.59. The van der Waals surface area contributed by atoms with Gasteiger partial charge in [-0.15, -0.1) is 0 Å². The standard InChI is InChI=1S/C15H18/c1-2-15(13-9-5-3-6-10-13)14-11-7-4-8-12-14/h2-3,5-6,9-10H,1,4,7-8,11-12H2. The van der Waals surface area contributed by atoms with Gasteiger partial charge >= 0.3 is 0 Å². The van der Waals surface area contributed by atoms with Crippen LogP contribution in [0.2, 0.25) is 0 Å². The molecule has 0 N–H and O–H groups in total. The summed E-state index contributed by atoms with van der Waals surface area (Å²) in [6.45, 7) is 3.95. The zero-order valence-corrected chi connectivity index (χ0v) is 9.21. The smallest absolute Gasteiger partial charge is 0.0185 e. The predicted molar refractivity (Wildman–Crippen MR) is 66.6 cm³/mol. The van der Waals surface area contributed by atoms with Crippen LogP contribution in [-0.2, 0) is 0 Å². The van der Waals surface area contributed by atoms with Gasteiger partial charge in [0.1, 0.15) is 0 Å². The molecule has 0 bridgehead atoms. The molecule has 0 aliphatic heterocycles. The van der Waals surface area contributed by atoms with Gasteiger partial charge < -0.3 is 0 Å². The molecule has 0 unspecified atom stereocenters. The summed E-state index contributed by atoms with van der Waals surface area (Å²) in [6, 6.07) is 10.6. The highest BCUT2D eigenvalue weighted by Gasteiger charge is 2.10. The zero-order chi connectivity index (χ0) is 10.5. The van der Waals surface area contributed by atoms with Gasteiger partial charge in [-0.2, -0.15) is 0 Å². The number of rotatable bonds is 2. The number of hydrogen-bond acceptors (Lipinski definition) is 0. The highest BCUT2D eigenvalue weighted by Crippen LogP contribution is 2.30. The second-order valence-electron chi connectivity index (χ2n) is 4.15. The number of hydrogen-bond donors (Lipinski definition) is 0. The highest BCUT2D eigenvalue weighted by atomic mass is 14.2. The molecule has 0 aromatic heterocycles. The normalized spacial score (nSPS) is 16.1. The molecule has 1 saturated carbocycles. The summed E-state index contributed by atoms with van der Waals surface area (Å²) in [5, 5.41) is 0. The Morgan fingerprint density at radius 3 is 2.27 bits per heavy atom. The van der Waals surface area contributed by atoms with Crippen molar-refractivity contribution in [3.63, 3.8) is 0 Å². The summed E-state index contributed by atoms with van der Waals surface area (Å²) >= 11 is 0. The minimum atomic E-state index is 1.26. The van der Waals surface area contributed by atoms with Crippen molar-refractivity contribution in [3.8, 4) is 0 Å². The van der Waals surface area contributed by atoms with Gasteiger partial charge in [0.05, 0.1) is 0 Å². The van der Waals surface area contributed by atoms with E-state index < -0.39 is 0 Å². The van der Waals surface area contributed by atoms with E-state index in [4.69, 9.17) is 0 Å². The average molecular weight is 198 g/mol. The monoisotopic (exact) mass is 198 g/mol. The van der Waals surface area contributed by atoms with Crippen LogP contribution in [0, 0.1) is 0 Å². The third kappa shape index (κ3) is 2.38. The topological polar surface area (TPSA) is 0 Å². The summed E-state index contributed by atoms with van der Waals surface area (Å²) in [7, 11) is 0. The van der Waals surface area contributed by atoms with E-state index in [9.17, 15) is 0 Å². The molecule has 1 aromatic carbocycles. The van der Waals surface area contributed by atoms with E-state index in [1.807, 2.05) is 6.08 Å². The Hall–Kier alpha value is -1.30. The molecular formula is C15H18. The third-order valence-electron chi connectivity index (χ3n) is 3.13. The lowest BCUT2D eigenvalue weighted by molar-refractivity contribution is 0.601. The Labute approximate surface area is 92.3 Å². The molecule has 0 radical (unpaired) electrons. The fourth-order valence-electron chi connectivity index (χ4n) is 2.33. The van der Waals surface area contributed by atoms with Gasteiger partial charge in [0.2, 0.25) is 0 Å². The maximum absolute atomic E-state index is 3.95. The van der Waals surface area contributed by atoms with Crippen molar-refractivity contribution in [2.75, 3.05) is 0 Å². The Morgan fingerprint density at radius 1 is 1.00 bits per heavy atom. The summed E-state index contributed by atoms with van der Waals surface area (Å²) in [5.41, 5.74) is 4.29. The summed E-state index contributed by atoms with van der Waals surface area (Å²) in [4.78, 5) is 0. The molecule has 1 aromatic rings. The molecule has 0 saturated heterocycles. The quantitative estimate of drug-likeness (QED) is 0.652. The molecule has 1 aliphatic rings. The van der Waals surface area contributed by atoms with E-state index in [2.05, 4.69) is 36.9 Å². The van der Waals surface area contributed by atoms with Crippen LogP contribution < -0.4 is 0 Å². The first kappa shape index (κ1) is 10.2. The van der Waals surface area contributed by atoms with E-state index in [0.717, 1.165) is 0 Å². The van der Waals surface area contributed by atoms with Gasteiger partial charge in [-0.3, -0.25) is 0 Å². The van der Waals surface area contributed by atoms with Crippen LogP contribution in [0.5, 0.6) is 0 Å². The minimum Gasteiger partial charge on any atom is -0.0984 e. The first-order chi connectivity index (χ1) is 7.42. The SMILES string of the molecule is C=CC(=C1CCCCC1)c1ccccc1. The molecular weight excluding hydrogens is 180 g/mol. The van der Waals surface area contributed by atoms with Crippen molar-refractivity contribution < 1.29 is 0 Å². The van der Waals surface area contributed by atoms with Crippen LogP contribution in [0.3, 0.4) is 0 Å². The first-order valence-corrected chi connectivity index (χ1v) is 5.81. The van der Waals surface area contributed by atoms with Gasteiger partial charge in [0.25, 0.3) is 0 Å². The largest absolute Gasteiger partial charge is 0.0984 e. The van der Waals surface area contributed by atoms with Gasteiger partial charge in [0, 0.05) is 0 Å². The second-order valence-corrected chi connectivity index (χ2v) is 4.15. The molecule has 0 spiro atoms. The minimum absolute atomic E-state index is 1.26. The van der Waals surface area contributed by atoms with Crippen molar-refractivity contribution in [1.82, 2.24) is 0 Å². The molecule has 0 heteroatoms. The molecule has 2 rings (SSSR count). The van der Waals surface area contributed by atoms with Crippen LogP contribution in [-0.4, -0.2) is 0 Å². The van der Waals surface area contributed by atoms with Crippen LogP contribution in [0.15, 0.2) is 48.6 Å². The second kappa shape index (κ2) is 4.97. The fraction of sp³-hybridized carbons (Fsp3) is 0.333. The Balaban J connectivity index is 2.34. The lowest BCUT2D eigenvalue weighted by atomic mass is 9.88. The number of benzene rings is 1. The van der Waals surface area contributed by atoms with E-state index >= 15 is 0 Å². The van der Waals surface area contributed by atoms with Crippen LogP contribution in [0.4, 0.5) is 0 Å².